The second-order valence-electron chi connectivity index (χ2n) is 1.83. The van der Waals surface area contributed by atoms with Crippen LogP contribution in [0.5, 0.6) is 0 Å². The third-order valence-electron chi connectivity index (χ3n) is 0.942. The fraction of sp³-hybridized carbons (Fsp3) is 1.00. The molecule has 0 amide bonds. The van der Waals surface area contributed by atoms with Crippen molar-refractivity contribution in [2.75, 3.05) is 19.1 Å². The van der Waals surface area contributed by atoms with Gasteiger partial charge in [0.1, 0.15) is 0 Å². The van der Waals surface area contributed by atoms with Crippen LogP contribution in [-0.2, 0) is 4.18 Å². The molecule has 1 N–H and O–H groups in total. The first-order chi connectivity index (χ1) is 3.62. The third-order valence-corrected chi connectivity index (χ3v) is 2.83. The van der Waals surface area contributed by atoms with Crippen molar-refractivity contribution in [1.82, 2.24) is 0 Å². The topological polar surface area (TPSA) is 29.5 Å². The fourth-order valence-corrected chi connectivity index (χ4v) is 1.39. The van der Waals surface area contributed by atoms with Gasteiger partial charge in [0, 0.05) is 12.0 Å². The van der Waals surface area contributed by atoms with Crippen LogP contribution in [0.25, 0.3) is 0 Å². The molecule has 0 aromatic heterocycles. The minimum atomic E-state index is -1.67. The first-order valence-electron chi connectivity index (χ1n) is 2.66. The first-order valence-corrected chi connectivity index (χ1v) is 4.75. The lowest BCUT2D eigenvalue weighted by molar-refractivity contribution is 0.400. The Bertz CT molecular complexity index is 63.4. The highest BCUT2D eigenvalue weighted by molar-refractivity contribution is 8.24. The Balaban J connectivity index is 3.37. The smallest absolute Gasteiger partial charge is 0.0603 e. The molecule has 8 heavy (non-hydrogen) atoms. The summed E-state index contributed by atoms with van der Waals surface area (Å²) < 4.78 is 14.0. The minimum absolute atomic E-state index is 0.781. The highest BCUT2D eigenvalue weighted by Gasteiger charge is 2.03. The molecule has 0 heterocycles. The van der Waals surface area contributed by atoms with E-state index in [2.05, 4.69) is 0 Å². The molecule has 0 bridgehead atoms. The Morgan fingerprint density at radius 2 is 2.12 bits per heavy atom. The van der Waals surface area contributed by atoms with Crippen LogP contribution < -0.4 is 0 Å². The molecule has 1 atom stereocenters. The van der Waals surface area contributed by atoms with Crippen LogP contribution in [0, 0.1) is 0 Å². The van der Waals surface area contributed by atoms with Crippen LogP contribution in [0.15, 0.2) is 0 Å². The average Bonchev–Trinajstić information content (AvgIpc) is 1.67. The van der Waals surface area contributed by atoms with E-state index in [-0.39, 0.29) is 0 Å². The van der Waals surface area contributed by atoms with E-state index in [1.165, 1.54) is 0 Å². The molecule has 0 fully saturated rings. The van der Waals surface area contributed by atoms with Crippen molar-refractivity contribution in [3.8, 4) is 0 Å². The van der Waals surface area contributed by atoms with E-state index in [1.807, 2.05) is 6.92 Å². The van der Waals surface area contributed by atoms with Crippen molar-refractivity contribution in [3.05, 3.63) is 0 Å². The average molecular weight is 138 g/mol. The Kier molecular flexibility index (Phi) is 3.44. The predicted molar refractivity (Wildman–Crippen MR) is 38.3 cm³/mol. The van der Waals surface area contributed by atoms with Gasteiger partial charge in [0.05, 0.1) is 7.11 Å². The molecule has 0 radical (unpaired) electrons. The molecule has 0 saturated carbocycles. The number of hydrogen-bond acceptors (Lipinski definition) is 2. The molecule has 1 unspecified atom stereocenters. The van der Waals surface area contributed by atoms with Gasteiger partial charge in [-0.1, -0.05) is 6.92 Å². The van der Waals surface area contributed by atoms with E-state index in [0.717, 1.165) is 12.2 Å². The van der Waals surface area contributed by atoms with Crippen molar-refractivity contribution < 1.29 is 8.74 Å². The molecule has 0 saturated heterocycles. The Morgan fingerprint density at radius 3 is 2.25 bits per heavy atom. The minimum Gasteiger partial charge on any atom is -0.300 e. The highest BCUT2D eigenvalue weighted by Crippen LogP contribution is 2.39. The summed E-state index contributed by atoms with van der Waals surface area (Å²) in [5, 5.41) is 0. The molecule has 52 valence electrons. The standard InChI is InChI=1S/C5H14O2S/c1-4-5-8(3,6)7-2/h6H,4-5H2,1-3H3. The van der Waals surface area contributed by atoms with Crippen molar-refractivity contribution >= 4 is 10.6 Å². The van der Waals surface area contributed by atoms with E-state index in [1.54, 1.807) is 13.4 Å². The SMILES string of the molecule is CCCS(C)(O)OC. The molecule has 3 heteroatoms. The maximum atomic E-state index is 9.18. The zero-order valence-corrected chi connectivity index (χ0v) is 6.49. The lowest BCUT2D eigenvalue weighted by Crippen LogP contribution is -2.01. The Labute approximate surface area is 52.6 Å². The van der Waals surface area contributed by atoms with Gasteiger partial charge >= 0.3 is 0 Å². The van der Waals surface area contributed by atoms with Crippen molar-refractivity contribution in [2.45, 2.75) is 13.3 Å². The summed E-state index contributed by atoms with van der Waals surface area (Å²) in [6.45, 7) is 2.03. The maximum Gasteiger partial charge on any atom is 0.0603 e. The number of hydrogen-bond donors (Lipinski definition) is 1. The first kappa shape index (κ1) is 8.27. The quantitative estimate of drug-likeness (QED) is 0.645. The van der Waals surface area contributed by atoms with E-state index in [4.69, 9.17) is 4.18 Å². The molecule has 0 aliphatic carbocycles. The summed E-state index contributed by atoms with van der Waals surface area (Å²) >= 11 is 0. The lowest BCUT2D eigenvalue weighted by Gasteiger charge is -2.31. The molecule has 0 spiro atoms. The van der Waals surface area contributed by atoms with E-state index >= 15 is 0 Å². The van der Waals surface area contributed by atoms with Crippen LogP contribution >= 0.6 is 10.6 Å². The van der Waals surface area contributed by atoms with Crippen LogP contribution in [0.2, 0.25) is 0 Å². The molecular formula is C5H14O2S. The van der Waals surface area contributed by atoms with Crippen LogP contribution in [0.1, 0.15) is 13.3 Å². The summed E-state index contributed by atoms with van der Waals surface area (Å²) in [5.74, 6) is 0.781. The normalized spacial score (nSPS) is 22.0. The third kappa shape index (κ3) is 3.29. The van der Waals surface area contributed by atoms with E-state index in [9.17, 15) is 4.55 Å². The number of rotatable bonds is 3. The summed E-state index contributed by atoms with van der Waals surface area (Å²) in [4.78, 5) is 0. The van der Waals surface area contributed by atoms with E-state index in [0.29, 0.717) is 0 Å². The van der Waals surface area contributed by atoms with Crippen molar-refractivity contribution in [3.63, 3.8) is 0 Å². The summed E-state index contributed by atoms with van der Waals surface area (Å²) in [7, 11) is -0.123. The van der Waals surface area contributed by atoms with Gasteiger partial charge in [0.25, 0.3) is 0 Å². The predicted octanol–water partition coefficient (Wildman–Crippen LogP) is 1.87. The van der Waals surface area contributed by atoms with Gasteiger partial charge in [0.2, 0.25) is 0 Å². The molecule has 0 aromatic carbocycles. The summed E-state index contributed by atoms with van der Waals surface area (Å²) in [6.07, 6.45) is 2.73. The maximum absolute atomic E-state index is 9.18. The molecule has 2 nitrogen and oxygen atoms in total. The van der Waals surface area contributed by atoms with Crippen LogP contribution in [0.4, 0.5) is 0 Å². The highest BCUT2D eigenvalue weighted by atomic mass is 32.3. The van der Waals surface area contributed by atoms with Gasteiger partial charge in [-0.2, -0.15) is 10.6 Å². The molecule has 0 aliphatic heterocycles. The van der Waals surface area contributed by atoms with Gasteiger partial charge < -0.3 is 0 Å². The summed E-state index contributed by atoms with van der Waals surface area (Å²) in [5.41, 5.74) is 0. The van der Waals surface area contributed by atoms with E-state index < -0.39 is 10.6 Å². The van der Waals surface area contributed by atoms with Crippen molar-refractivity contribution in [2.24, 2.45) is 0 Å². The zero-order chi connectivity index (χ0) is 6.62. The molecular weight excluding hydrogens is 124 g/mol. The second kappa shape index (κ2) is 3.33. The van der Waals surface area contributed by atoms with Crippen LogP contribution in [0.3, 0.4) is 0 Å². The van der Waals surface area contributed by atoms with Crippen LogP contribution in [-0.4, -0.2) is 23.7 Å². The largest absolute Gasteiger partial charge is 0.300 e. The lowest BCUT2D eigenvalue weighted by atomic mass is 10.6. The van der Waals surface area contributed by atoms with Gasteiger partial charge in [-0.05, 0) is 6.42 Å². The fourth-order valence-electron chi connectivity index (χ4n) is 0.462. The van der Waals surface area contributed by atoms with Gasteiger partial charge in [-0.25, -0.2) is 0 Å². The molecule has 0 aromatic rings. The summed E-state index contributed by atoms with van der Waals surface area (Å²) in [6, 6.07) is 0. The van der Waals surface area contributed by atoms with Crippen molar-refractivity contribution in [1.29, 1.82) is 0 Å². The van der Waals surface area contributed by atoms with Gasteiger partial charge in [-0.3, -0.25) is 8.74 Å². The Hall–Kier alpha value is 0.270. The monoisotopic (exact) mass is 138 g/mol. The van der Waals surface area contributed by atoms with Gasteiger partial charge in [0.15, 0.2) is 0 Å². The zero-order valence-electron chi connectivity index (χ0n) is 5.68. The molecule has 0 rings (SSSR count). The Morgan fingerprint density at radius 1 is 1.62 bits per heavy atom. The second-order valence-corrected chi connectivity index (χ2v) is 4.49. The van der Waals surface area contributed by atoms with Gasteiger partial charge in [-0.15, -0.1) is 0 Å². The molecule has 0 aliphatic rings.